The molecule has 0 bridgehead atoms. The summed E-state index contributed by atoms with van der Waals surface area (Å²) >= 11 is 0. The second kappa shape index (κ2) is 6.51. The molecule has 0 fully saturated rings. The van der Waals surface area contributed by atoms with E-state index in [9.17, 15) is 14.7 Å². The number of aromatic nitrogens is 1. The highest BCUT2D eigenvalue weighted by Gasteiger charge is 2.26. The van der Waals surface area contributed by atoms with Crippen LogP contribution in [0.5, 0.6) is 5.88 Å². The van der Waals surface area contributed by atoms with Crippen molar-refractivity contribution in [2.24, 2.45) is 5.10 Å². The molecule has 0 aliphatic carbocycles. The van der Waals surface area contributed by atoms with Crippen LogP contribution in [0, 0.1) is 5.41 Å². The van der Waals surface area contributed by atoms with E-state index in [1.807, 2.05) is 6.07 Å². The number of nitrogens with zero attached hydrogens (tertiary/aromatic N) is 2. The number of carbonyl (C=O) groups is 1. The van der Waals surface area contributed by atoms with Gasteiger partial charge in [0.2, 0.25) is 5.88 Å². The van der Waals surface area contributed by atoms with Gasteiger partial charge in [0.05, 0.1) is 16.5 Å². The number of benzene rings is 2. The van der Waals surface area contributed by atoms with E-state index in [1.54, 1.807) is 36.4 Å². The molecule has 0 spiro atoms. The largest absolute Gasteiger partial charge is 0.494 e. The molecule has 138 valence electrons. The molecule has 2 heterocycles. The molecule has 4 N–H and O–H groups in total. The van der Waals surface area contributed by atoms with Crippen molar-refractivity contribution in [2.75, 3.05) is 5.01 Å². The molecule has 0 saturated heterocycles. The smallest absolute Gasteiger partial charge is 0.335 e. The number of nitrogens with one attached hydrogen (secondary N) is 2. The van der Waals surface area contributed by atoms with Crippen molar-refractivity contribution in [3.05, 3.63) is 92.2 Å². The Morgan fingerprint density at radius 3 is 2.43 bits per heavy atom. The van der Waals surface area contributed by atoms with Crippen LogP contribution in [0.25, 0.3) is 6.08 Å². The Balaban J connectivity index is 1.93. The van der Waals surface area contributed by atoms with E-state index in [4.69, 9.17) is 10.5 Å². The number of pyridine rings is 1. The lowest BCUT2D eigenvalue weighted by Crippen LogP contribution is -2.42. The van der Waals surface area contributed by atoms with E-state index >= 15 is 0 Å². The lowest BCUT2D eigenvalue weighted by molar-refractivity contribution is 0.0697. The first kappa shape index (κ1) is 17.2. The minimum atomic E-state index is -1.04. The van der Waals surface area contributed by atoms with Crippen LogP contribution >= 0.6 is 0 Å². The van der Waals surface area contributed by atoms with E-state index in [0.717, 1.165) is 0 Å². The molecule has 8 heteroatoms. The number of aromatic amines is 1. The number of hydrogen-bond acceptors (Lipinski definition) is 5. The Hall–Kier alpha value is -4.20. The molecule has 2 aromatic carbocycles. The molecule has 1 aliphatic rings. The molecular formula is C20H14N4O4. The highest BCUT2D eigenvalue weighted by Crippen LogP contribution is 2.21. The number of aromatic hydroxyl groups is 1. The predicted octanol–water partition coefficient (Wildman–Crippen LogP) is 0.988. The lowest BCUT2D eigenvalue weighted by atomic mass is 10.1. The number of H-pyrrole nitrogens is 1. The summed E-state index contributed by atoms with van der Waals surface area (Å²) in [4.78, 5) is 25.8. The number of rotatable bonds is 3. The van der Waals surface area contributed by atoms with Crippen molar-refractivity contribution >= 4 is 23.6 Å². The quantitative estimate of drug-likeness (QED) is 0.543. The van der Waals surface area contributed by atoms with E-state index in [1.165, 1.54) is 23.2 Å². The van der Waals surface area contributed by atoms with Gasteiger partial charge in [0.15, 0.2) is 5.84 Å². The van der Waals surface area contributed by atoms with Crippen molar-refractivity contribution in [3.8, 4) is 5.88 Å². The minimum Gasteiger partial charge on any atom is -0.494 e. The predicted molar refractivity (Wildman–Crippen MR) is 102 cm³/mol. The Bertz CT molecular complexity index is 1280. The van der Waals surface area contributed by atoms with Crippen LogP contribution in [0.1, 0.15) is 21.5 Å². The molecular weight excluding hydrogens is 360 g/mol. The zero-order valence-corrected chi connectivity index (χ0v) is 14.4. The fraction of sp³-hybridized carbons (Fsp3) is 0. The average molecular weight is 374 g/mol. The molecule has 28 heavy (non-hydrogen) atoms. The molecule has 8 nitrogen and oxygen atoms in total. The van der Waals surface area contributed by atoms with Crippen LogP contribution in [0.2, 0.25) is 0 Å². The van der Waals surface area contributed by atoms with Crippen LogP contribution in [0.4, 0.5) is 5.69 Å². The van der Waals surface area contributed by atoms with Gasteiger partial charge in [-0.05, 0) is 35.9 Å². The van der Waals surface area contributed by atoms with E-state index < -0.39 is 17.4 Å². The van der Waals surface area contributed by atoms with Gasteiger partial charge in [0.1, 0.15) is 10.9 Å². The van der Waals surface area contributed by atoms with Crippen molar-refractivity contribution in [1.29, 1.82) is 5.41 Å². The van der Waals surface area contributed by atoms with E-state index in [2.05, 4.69) is 10.1 Å². The fourth-order valence-electron chi connectivity index (χ4n) is 2.95. The number of aromatic carboxylic acids is 1. The van der Waals surface area contributed by atoms with Crippen LogP contribution in [0.3, 0.4) is 0 Å². The second-order valence-corrected chi connectivity index (χ2v) is 6.11. The highest BCUT2D eigenvalue weighted by molar-refractivity contribution is 6.10. The van der Waals surface area contributed by atoms with Gasteiger partial charge in [-0.25, -0.2) is 9.80 Å². The summed E-state index contributed by atoms with van der Waals surface area (Å²) in [6.07, 6.45) is 1.54. The molecule has 0 saturated carbocycles. The number of para-hydroxylation sites is 1. The summed E-state index contributed by atoms with van der Waals surface area (Å²) < 4.78 is 0. The first-order valence-electron chi connectivity index (χ1n) is 8.29. The minimum absolute atomic E-state index is 0.0641. The monoisotopic (exact) mass is 374 g/mol. The molecule has 4 rings (SSSR count). The first-order chi connectivity index (χ1) is 13.5. The highest BCUT2D eigenvalue weighted by atomic mass is 16.4. The van der Waals surface area contributed by atoms with Gasteiger partial charge in [-0.2, -0.15) is 5.10 Å². The SMILES string of the molecule is N=C1c2c(O)[nH]c(=O)c(=Cc3ccc(C(=O)O)cc3)c2=NN1c1ccccc1. The summed E-state index contributed by atoms with van der Waals surface area (Å²) in [5.74, 6) is -1.53. The molecule has 3 aromatic rings. The molecule has 0 atom stereocenters. The van der Waals surface area contributed by atoms with Gasteiger partial charge in [0, 0.05) is 0 Å². The number of anilines is 1. The summed E-state index contributed by atoms with van der Waals surface area (Å²) in [5, 5.41) is 33.6. The Morgan fingerprint density at radius 1 is 1.11 bits per heavy atom. The fourth-order valence-corrected chi connectivity index (χ4v) is 2.95. The summed E-state index contributed by atoms with van der Waals surface area (Å²) in [6, 6.07) is 14.9. The molecule has 0 radical (unpaired) electrons. The Kier molecular flexibility index (Phi) is 4.00. The normalized spacial score (nSPS) is 13.4. The molecule has 1 aromatic heterocycles. The van der Waals surface area contributed by atoms with E-state index in [-0.39, 0.29) is 27.5 Å². The van der Waals surface area contributed by atoms with Gasteiger partial charge in [-0.15, -0.1) is 0 Å². The van der Waals surface area contributed by atoms with Crippen molar-refractivity contribution in [2.45, 2.75) is 0 Å². The van der Waals surface area contributed by atoms with Gasteiger partial charge in [-0.1, -0.05) is 30.3 Å². The van der Waals surface area contributed by atoms with Gasteiger partial charge in [0.25, 0.3) is 5.56 Å². The van der Waals surface area contributed by atoms with Gasteiger partial charge in [-0.3, -0.25) is 15.2 Å². The lowest BCUT2D eigenvalue weighted by Gasteiger charge is -2.13. The third kappa shape index (κ3) is 2.82. The second-order valence-electron chi connectivity index (χ2n) is 6.11. The van der Waals surface area contributed by atoms with Crippen molar-refractivity contribution in [1.82, 2.24) is 4.98 Å². The Labute approximate surface area is 157 Å². The number of fused-ring (bicyclic) bond motifs is 1. The van der Waals surface area contributed by atoms with Crippen LogP contribution in [0.15, 0.2) is 64.5 Å². The summed E-state index contributed by atoms with van der Waals surface area (Å²) in [7, 11) is 0. The number of amidine groups is 1. The topological polar surface area (TPSA) is 130 Å². The maximum absolute atomic E-state index is 12.4. The number of carboxylic acids is 1. The van der Waals surface area contributed by atoms with Crippen molar-refractivity contribution in [3.63, 3.8) is 0 Å². The van der Waals surface area contributed by atoms with Crippen LogP contribution in [-0.4, -0.2) is 27.0 Å². The van der Waals surface area contributed by atoms with E-state index in [0.29, 0.717) is 11.3 Å². The average Bonchev–Trinajstić information content (AvgIpc) is 3.04. The standard InChI is InChI=1S/C20H14N4O4/c21-17-15-16(23-24(17)13-4-2-1-3-5-13)14(18(25)22-19(15)26)10-11-6-8-12(9-7-11)20(27)28/h1-10,21,26H,(H,22,25)(H,27,28). The molecule has 1 aliphatic heterocycles. The number of hydrogen-bond donors (Lipinski definition) is 4. The van der Waals surface area contributed by atoms with Crippen molar-refractivity contribution < 1.29 is 15.0 Å². The molecule has 0 unspecified atom stereocenters. The molecule has 0 amide bonds. The third-order valence-corrected chi connectivity index (χ3v) is 4.32. The first-order valence-corrected chi connectivity index (χ1v) is 8.29. The van der Waals surface area contributed by atoms with Crippen LogP contribution in [-0.2, 0) is 0 Å². The zero-order valence-electron chi connectivity index (χ0n) is 14.4. The van der Waals surface area contributed by atoms with Crippen LogP contribution < -0.4 is 21.1 Å². The third-order valence-electron chi connectivity index (χ3n) is 4.32. The maximum atomic E-state index is 12.4. The number of carboxylic acid groups (broad SMARTS) is 1. The maximum Gasteiger partial charge on any atom is 0.335 e. The summed E-state index contributed by atoms with van der Waals surface area (Å²) in [6.45, 7) is 0. The Morgan fingerprint density at radius 2 is 1.79 bits per heavy atom. The van der Waals surface area contributed by atoms with Gasteiger partial charge >= 0.3 is 5.97 Å². The zero-order chi connectivity index (χ0) is 19.8. The summed E-state index contributed by atoms with van der Waals surface area (Å²) in [5.41, 5.74) is 0.890. The van der Waals surface area contributed by atoms with Gasteiger partial charge < -0.3 is 10.2 Å².